The third-order valence-electron chi connectivity index (χ3n) is 4.35. The molecule has 1 fully saturated rings. The second kappa shape index (κ2) is 6.73. The molecule has 0 bridgehead atoms. The van der Waals surface area contributed by atoms with Crippen LogP contribution in [0.15, 0.2) is 30.3 Å². The van der Waals surface area contributed by atoms with E-state index in [1.54, 1.807) is 0 Å². The van der Waals surface area contributed by atoms with Gasteiger partial charge in [-0.1, -0.05) is 30.3 Å². The average molecular weight is 275 g/mol. The molecule has 0 unspecified atom stereocenters. The fourth-order valence-corrected chi connectivity index (χ4v) is 3.08. The van der Waals surface area contributed by atoms with E-state index in [9.17, 15) is 5.11 Å². The van der Waals surface area contributed by atoms with Gasteiger partial charge < -0.3 is 10.4 Å². The van der Waals surface area contributed by atoms with E-state index in [0.29, 0.717) is 12.1 Å². The third-order valence-corrected chi connectivity index (χ3v) is 4.35. The van der Waals surface area contributed by atoms with Crippen LogP contribution in [0.3, 0.4) is 0 Å². The average Bonchev–Trinajstić information content (AvgIpc) is 2.32. The number of benzene rings is 1. The van der Waals surface area contributed by atoms with Crippen molar-refractivity contribution < 1.29 is 5.11 Å². The molecule has 2 N–H and O–H groups in total. The van der Waals surface area contributed by atoms with Gasteiger partial charge in [-0.3, -0.25) is 0 Å². The van der Waals surface area contributed by atoms with E-state index in [0.717, 1.165) is 25.2 Å². The highest BCUT2D eigenvalue weighted by Gasteiger charge is 2.30. The first kappa shape index (κ1) is 15.5. The van der Waals surface area contributed by atoms with Gasteiger partial charge in [-0.2, -0.15) is 0 Å². The molecule has 2 nitrogen and oxygen atoms in total. The minimum absolute atomic E-state index is 0.519. The fourth-order valence-electron chi connectivity index (χ4n) is 3.08. The summed E-state index contributed by atoms with van der Waals surface area (Å²) in [7, 11) is 0. The molecule has 0 heterocycles. The minimum atomic E-state index is -0.519. The maximum absolute atomic E-state index is 9.71. The summed E-state index contributed by atoms with van der Waals surface area (Å²) in [6.07, 6.45) is 5.65. The number of rotatable bonds is 7. The largest absolute Gasteiger partial charge is 0.390 e. The Hall–Kier alpha value is -0.860. The van der Waals surface area contributed by atoms with Crippen molar-refractivity contribution in [2.45, 2.75) is 76.5 Å². The summed E-state index contributed by atoms with van der Waals surface area (Å²) < 4.78 is 0. The Kier molecular flexibility index (Phi) is 5.22. The van der Waals surface area contributed by atoms with E-state index in [4.69, 9.17) is 0 Å². The van der Waals surface area contributed by atoms with Crippen LogP contribution < -0.4 is 5.32 Å². The summed E-state index contributed by atoms with van der Waals surface area (Å²) in [5.41, 5.74) is 0.967. The van der Waals surface area contributed by atoms with Crippen molar-refractivity contribution in [1.29, 1.82) is 0 Å². The molecule has 0 amide bonds. The van der Waals surface area contributed by atoms with Gasteiger partial charge in [-0.25, -0.2) is 0 Å². The zero-order chi connectivity index (χ0) is 14.6. The van der Waals surface area contributed by atoms with Crippen LogP contribution in [0.25, 0.3) is 0 Å². The first-order valence-corrected chi connectivity index (χ1v) is 7.97. The van der Waals surface area contributed by atoms with E-state index in [1.165, 1.54) is 18.4 Å². The molecule has 0 aromatic heterocycles. The van der Waals surface area contributed by atoms with Crippen LogP contribution in [0.1, 0.15) is 64.4 Å². The third kappa shape index (κ3) is 4.92. The van der Waals surface area contributed by atoms with Crippen LogP contribution in [0.2, 0.25) is 0 Å². The van der Waals surface area contributed by atoms with Gasteiger partial charge in [0.2, 0.25) is 0 Å². The Labute approximate surface area is 123 Å². The molecule has 1 aromatic rings. The predicted octanol–water partition coefficient (Wildman–Crippen LogP) is 3.85. The molecule has 0 saturated heterocycles. The number of nitrogens with one attached hydrogen (secondary N) is 1. The SMILES string of the molecule is C[C@@H](CCCC(C)(C)O)NC1CC(c2ccccc2)C1. The van der Waals surface area contributed by atoms with Crippen LogP contribution in [0.5, 0.6) is 0 Å². The lowest BCUT2D eigenvalue weighted by Crippen LogP contribution is -2.44. The van der Waals surface area contributed by atoms with Gasteiger partial charge in [0.05, 0.1) is 5.60 Å². The topological polar surface area (TPSA) is 32.3 Å². The molecule has 0 radical (unpaired) electrons. The Bertz CT molecular complexity index is 390. The molecule has 112 valence electrons. The van der Waals surface area contributed by atoms with Crippen molar-refractivity contribution in [1.82, 2.24) is 5.32 Å². The summed E-state index contributed by atoms with van der Waals surface area (Å²) in [5, 5.41) is 13.4. The van der Waals surface area contributed by atoms with E-state index >= 15 is 0 Å². The van der Waals surface area contributed by atoms with Crippen molar-refractivity contribution in [3.8, 4) is 0 Å². The van der Waals surface area contributed by atoms with Gasteiger partial charge in [-0.05, 0) is 64.4 Å². The van der Waals surface area contributed by atoms with Crippen LogP contribution in [-0.4, -0.2) is 22.8 Å². The number of hydrogen-bond acceptors (Lipinski definition) is 2. The molecular weight excluding hydrogens is 246 g/mol. The maximum Gasteiger partial charge on any atom is 0.0591 e. The second-order valence-corrected chi connectivity index (χ2v) is 7.05. The van der Waals surface area contributed by atoms with E-state index in [1.807, 2.05) is 13.8 Å². The Balaban J connectivity index is 1.62. The molecule has 1 aliphatic rings. The highest BCUT2D eigenvalue weighted by atomic mass is 16.3. The van der Waals surface area contributed by atoms with Crippen molar-refractivity contribution in [2.75, 3.05) is 0 Å². The molecule has 1 saturated carbocycles. The Morgan fingerprint density at radius 3 is 2.50 bits per heavy atom. The lowest BCUT2D eigenvalue weighted by molar-refractivity contribution is 0.0672. The highest BCUT2D eigenvalue weighted by molar-refractivity contribution is 5.22. The van der Waals surface area contributed by atoms with Gasteiger partial charge in [0.25, 0.3) is 0 Å². The Morgan fingerprint density at radius 2 is 1.90 bits per heavy atom. The van der Waals surface area contributed by atoms with Crippen LogP contribution >= 0.6 is 0 Å². The summed E-state index contributed by atoms with van der Waals surface area (Å²) in [5.74, 6) is 0.747. The molecular formula is C18H29NO. The maximum atomic E-state index is 9.71. The summed E-state index contributed by atoms with van der Waals surface area (Å²) in [6.45, 7) is 6.04. The normalized spacial score (nSPS) is 24.2. The van der Waals surface area contributed by atoms with Crippen molar-refractivity contribution >= 4 is 0 Å². The molecule has 1 aromatic carbocycles. The molecule has 1 atom stereocenters. The lowest BCUT2D eigenvalue weighted by Gasteiger charge is -2.38. The summed E-state index contributed by atoms with van der Waals surface area (Å²) in [6, 6.07) is 12.1. The molecule has 0 spiro atoms. The van der Waals surface area contributed by atoms with Gasteiger partial charge in [0, 0.05) is 12.1 Å². The fraction of sp³-hybridized carbons (Fsp3) is 0.667. The second-order valence-electron chi connectivity index (χ2n) is 7.05. The van der Waals surface area contributed by atoms with Crippen molar-refractivity contribution in [3.05, 3.63) is 35.9 Å². The number of hydrogen-bond donors (Lipinski definition) is 2. The van der Waals surface area contributed by atoms with Crippen LogP contribution in [0, 0.1) is 0 Å². The lowest BCUT2D eigenvalue weighted by atomic mass is 9.75. The monoisotopic (exact) mass is 275 g/mol. The van der Waals surface area contributed by atoms with Gasteiger partial charge in [-0.15, -0.1) is 0 Å². The smallest absolute Gasteiger partial charge is 0.0591 e. The van der Waals surface area contributed by atoms with Gasteiger partial charge in [0.1, 0.15) is 0 Å². The van der Waals surface area contributed by atoms with Crippen LogP contribution in [0.4, 0.5) is 0 Å². The van der Waals surface area contributed by atoms with Crippen LogP contribution in [-0.2, 0) is 0 Å². The number of aliphatic hydroxyl groups is 1. The zero-order valence-corrected chi connectivity index (χ0v) is 13.1. The summed E-state index contributed by atoms with van der Waals surface area (Å²) in [4.78, 5) is 0. The minimum Gasteiger partial charge on any atom is -0.390 e. The first-order valence-electron chi connectivity index (χ1n) is 7.97. The zero-order valence-electron chi connectivity index (χ0n) is 13.1. The van der Waals surface area contributed by atoms with E-state index in [-0.39, 0.29) is 0 Å². The first-order chi connectivity index (χ1) is 9.44. The Morgan fingerprint density at radius 1 is 1.25 bits per heavy atom. The highest BCUT2D eigenvalue weighted by Crippen LogP contribution is 2.37. The molecule has 1 aliphatic carbocycles. The summed E-state index contributed by atoms with van der Waals surface area (Å²) >= 11 is 0. The molecule has 0 aliphatic heterocycles. The molecule has 2 heteroatoms. The molecule has 20 heavy (non-hydrogen) atoms. The van der Waals surface area contributed by atoms with Gasteiger partial charge in [0.15, 0.2) is 0 Å². The standard InChI is InChI=1S/C18H29NO/c1-14(8-7-11-18(2,3)20)19-17-12-16(13-17)15-9-5-4-6-10-15/h4-6,9-10,14,16-17,19-20H,7-8,11-13H2,1-3H3/t14-,16?,17?/m0/s1. The van der Waals surface area contributed by atoms with Gasteiger partial charge >= 0.3 is 0 Å². The van der Waals surface area contributed by atoms with Crippen molar-refractivity contribution in [2.24, 2.45) is 0 Å². The van der Waals surface area contributed by atoms with E-state index < -0.39 is 5.60 Å². The van der Waals surface area contributed by atoms with Crippen molar-refractivity contribution in [3.63, 3.8) is 0 Å². The predicted molar refractivity (Wildman–Crippen MR) is 85.0 cm³/mol. The quantitative estimate of drug-likeness (QED) is 0.792. The molecule has 2 rings (SSSR count). The van der Waals surface area contributed by atoms with E-state index in [2.05, 4.69) is 42.6 Å².